The van der Waals surface area contributed by atoms with Crippen molar-refractivity contribution in [1.29, 1.82) is 0 Å². The molecule has 134 valence electrons. The summed E-state index contributed by atoms with van der Waals surface area (Å²) in [6.07, 6.45) is -4.52. The molecule has 0 aliphatic heterocycles. The number of nitrogens with one attached hydrogen (secondary N) is 1. The number of rotatable bonds is 6. The highest BCUT2D eigenvalue weighted by atomic mass is 127. The van der Waals surface area contributed by atoms with E-state index in [2.05, 4.69) is 5.32 Å². The Kier molecular flexibility index (Phi) is 6.65. The van der Waals surface area contributed by atoms with Gasteiger partial charge < -0.3 is 14.8 Å². The van der Waals surface area contributed by atoms with E-state index in [9.17, 15) is 18.0 Å². The number of halogens is 4. The van der Waals surface area contributed by atoms with Crippen molar-refractivity contribution in [3.05, 3.63) is 57.2 Å². The number of benzene rings is 2. The number of hydrogen-bond acceptors (Lipinski definition) is 3. The fourth-order valence-electron chi connectivity index (χ4n) is 1.99. The first-order chi connectivity index (χ1) is 11.8. The molecule has 0 fully saturated rings. The van der Waals surface area contributed by atoms with Crippen LogP contribution >= 0.6 is 22.6 Å². The van der Waals surface area contributed by atoms with Crippen molar-refractivity contribution in [3.63, 3.8) is 0 Å². The van der Waals surface area contributed by atoms with Gasteiger partial charge in [0.25, 0.3) is 5.91 Å². The van der Waals surface area contributed by atoms with Gasteiger partial charge in [-0.25, -0.2) is 0 Å². The summed E-state index contributed by atoms with van der Waals surface area (Å²) in [7, 11) is 1.48. The molecule has 0 spiro atoms. The summed E-state index contributed by atoms with van der Waals surface area (Å²) in [4.78, 5) is 12.3. The van der Waals surface area contributed by atoms with Gasteiger partial charge in [0, 0.05) is 16.2 Å². The molecular weight excluding hydrogens is 450 g/mol. The third-order valence-electron chi connectivity index (χ3n) is 3.19. The fraction of sp³-hybridized carbons (Fsp3) is 0.235. The van der Waals surface area contributed by atoms with Crippen LogP contribution < -0.4 is 10.1 Å². The maximum absolute atomic E-state index is 12.9. The van der Waals surface area contributed by atoms with Gasteiger partial charge >= 0.3 is 6.18 Å². The van der Waals surface area contributed by atoms with E-state index in [4.69, 9.17) is 9.47 Å². The number of hydrogen-bond donors (Lipinski definition) is 1. The first-order valence-corrected chi connectivity index (χ1v) is 8.29. The third kappa shape index (κ3) is 5.60. The Morgan fingerprint density at radius 3 is 2.56 bits per heavy atom. The molecule has 0 atom stereocenters. The second-order valence-corrected chi connectivity index (χ2v) is 6.26. The molecule has 2 rings (SSSR count). The molecule has 0 bridgehead atoms. The second kappa shape index (κ2) is 8.52. The lowest BCUT2D eigenvalue weighted by Gasteiger charge is -2.15. The Morgan fingerprint density at radius 1 is 1.16 bits per heavy atom. The molecule has 0 unspecified atom stereocenters. The van der Waals surface area contributed by atoms with E-state index in [1.54, 1.807) is 24.3 Å². The smallest absolute Gasteiger partial charge is 0.416 e. The van der Waals surface area contributed by atoms with E-state index in [0.717, 1.165) is 15.7 Å². The van der Waals surface area contributed by atoms with Crippen LogP contribution in [0.15, 0.2) is 42.5 Å². The van der Waals surface area contributed by atoms with Gasteiger partial charge in [0.05, 0.1) is 17.9 Å². The van der Waals surface area contributed by atoms with Crippen LogP contribution in [-0.4, -0.2) is 26.2 Å². The first-order valence-electron chi connectivity index (χ1n) is 7.21. The Balaban J connectivity index is 2.29. The fourth-order valence-corrected chi connectivity index (χ4v) is 2.53. The van der Waals surface area contributed by atoms with Crippen molar-refractivity contribution in [3.8, 4) is 5.75 Å². The minimum Gasteiger partial charge on any atom is -0.489 e. The number of carbonyl (C=O) groups is 1. The zero-order chi connectivity index (χ0) is 18.4. The average Bonchev–Trinajstić information content (AvgIpc) is 2.55. The molecular formula is C17H15F3INO3. The predicted octanol–water partition coefficient (Wildman–Crippen LogP) is 4.59. The van der Waals surface area contributed by atoms with Gasteiger partial charge in [-0.3, -0.25) is 4.79 Å². The van der Waals surface area contributed by atoms with E-state index in [-0.39, 0.29) is 24.7 Å². The highest BCUT2D eigenvalue weighted by Gasteiger charge is 2.31. The van der Waals surface area contributed by atoms with E-state index in [1.807, 2.05) is 22.6 Å². The number of carbonyl (C=O) groups excluding carboxylic acids is 1. The summed E-state index contributed by atoms with van der Waals surface area (Å²) in [6.45, 7) is 0.416. The van der Waals surface area contributed by atoms with Gasteiger partial charge in [0.1, 0.15) is 12.4 Å². The summed E-state index contributed by atoms with van der Waals surface area (Å²) < 4.78 is 49.9. The molecule has 8 heteroatoms. The van der Waals surface area contributed by atoms with Crippen LogP contribution in [0.25, 0.3) is 0 Å². The predicted molar refractivity (Wildman–Crippen MR) is 95.9 cm³/mol. The summed E-state index contributed by atoms with van der Waals surface area (Å²) in [5.41, 5.74) is -0.577. The number of anilines is 1. The summed E-state index contributed by atoms with van der Waals surface area (Å²) in [5.74, 6) is -0.376. The number of alkyl halides is 3. The normalized spacial score (nSPS) is 11.2. The lowest BCUT2D eigenvalue weighted by molar-refractivity contribution is -0.137. The van der Waals surface area contributed by atoms with Gasteiger partial charge in [-0.2, -0.15) is 13.2 Å². The van der Waals surface area contributed by atoms with Crippen LogP contribution in [0.5, 0.6) is 5.75 Å². The van der Waals surface area contributed by atoms with Crippen molar-refractivity contribution < 1.29 is 27.4 Å². The molecule has 25 heavy (non-hydrogen) atoms. The SMILES string of the molecule is COCCOc1ccc(C(F)(F)F)cc1NC(=O)c1cccc(I)c1. The lowest BCUT2D eigenvalue weighted by atomic mass is 10.1. The number of methoxy groups -OCH3 is 1. The Morgan fingerprint density at radius 2 is 1.92 bits per heavy atom. The monoisotopic (exact) mass is 465 g/mol. The number of amides is 1. The number of ether oxygens (including phenoxy) is 2. The molecule has 1 N–H and O–H groups in total. The molecule has 4 nitrogen and oxygen atoms in total. The summed E-state index contributed by atoms with van der Waals surface area (Å²) in [6, 6.07) is 9.66. The topological polar surface area (TPSA) is 47.6 Å². The zero-order valence-electron chi connectivity index (χ0n) is 13.2. The van der Waals surface area contributed by atoms with E-state index in [1.165, 1.54) is 13.2 Å². The Bertz CT molecular complexity index is 750. The average molecular weight is 465 g/mol. The molecule has 0 aliphatic carbocycles. The molecule has 0 radical (unpaired) electrons. The van der Waals surface area contributed by atoms with Crippen molar-refractivity contribution in [2.45, 2.75) is 6.18 Å². The summed E-state index contributed by atoms with van der Waals surface area (Å²) in [5, 5.41) is 2.49. The van der Waals surface area contributed by atoms with Crippen molar-refractivity contribution in [2.75, 3.05) is 25.6 Å². The van der Waals surface area contributed by atoms with Crippen molar-refractivity contribution in [1.82, 2.24) is 0 Å². The minimum absolute atomic E-state index is 0.0465. The third-order valence-corrected chi connectivity index (χ3v) is 3.86. The summed E-state index contributed by atoms with van der Waals surface area (Å²) >= 11 is 2.05. The van der Waals surface area contributed by atoms with Crippen molar-refractivity contribution in [2.24, 2.45) is 0 Å². The van der Waals surface area contributed by atoms with Crippen molar-refractivity contribution >= 4 is 34.2 Å². The molecule has 0 heterocycles. The van der Waals surface area contributed by atoms with Crippen LogP contribution in [0.2, 0.25) is 0 Å². The van der Waals surface area contributed by atoms with E-state index < -0.39 is 17.6 Å². The quantitative estimate of drug-likeness (QED) is 0.502. The van der Waals surface area contributed by atoms with Crippen LogP contribution in [0.3, 0.4) is 0 Å². The van der Waals surface area contributed by atoms with Gasteiger partial charge in [0.2, 0.25) is 0 Å². The molecule has 1 amide bonds. The second-order valence-electron chi connectivity index (χ2n) is 5.01. The molecule has 0 saturated carbocycles. The molecule has 0 aliphatic rings. The molecule has 2 aromatic carbocycles. The van der Waals surface area contributed by atoms with E-state index in [0.29, 0.717) is 5.56 Å². The highest BCUT2D eigenvalue weighted by molar-refractivity contribution is 14.1. The van der Waals surface area contributed by atoms with Gasteiger partial charge in [-0.1, -0.05) is 6.07 Å². The Labute approximate surface area is 156 Å². The van der Waals surface area contributed by atoms with Crippen LogP contribution in [0.4, 0.5) is 18.9 Å². The minimum atomic E-state index is -4.52. The van der Waals surface area contributed by atoms with Gasteiger partial charge in [-0.05, 0) is 59.0 Å². The Hall–Kier alpha value is -1.81. The van der Waals surface area contributed by atoms with Gasteiger partial charge in [0.15, 0.2) is 0 Å². The lowest BCUT2D eigenvalue weighted by Crippen LogP contribution is -2.15. The molecule has 2 aromatic rings. The molecule has 0 aromatic heterocycles. The maximum atomic E-state index is 12.9. The highest BCUT2D eigenvalue weighted by Crippen LogP contribution is 2.35. The van der Waals surface area contributed by atoms with E-state index >= 15 is 0 Å². The first kappa shape index (κ1) is 19.5. The maximum Gasteiger partial charge on any atom is 0.416 e. The van der Waals surface area contributed by atoms with Crippen LogP contribution in [-0.2, 0) is 10.9 Å². The standard InChI is InChI=1S/C17H15F3INO3/c1-24-7-8-25-15-6-5-12(17(18,19)20)10-14(15)22-16(23)11-3-2-4-13(21)9-11/h2-6,9-10H,7-8H2,1H3,(H,22,23). The van der Waals surface area contributed by atoms with Crippen LogP contribution in [0.1, 0.15) is 15.9 Å². The molecule has 0 saturated heterocycles. The zero-order valence-corrected chi connectivity index (χ0v) is 15.3. The van der Waals surface area contributed by atoms with Gasteiger partial charge in [-0.15, -0.1) is 0 Å². The largest absolute Gasteiger partial charge is 0.489 e. The van der Waals surface area contributed by atoms with Crippen LogP contribution in [0, 0.1) is 3.57 Å².